The Labute approximate surface area is 107 Å². The van der Waals surface area contributed by atoms with Gasteiger partial charge in [0.15, 0.2) is 5.78 Å². The van der Waals surface area contributed by atoms with Crippen molar-refractivity contribution in [1.82, 2.24) is 4.90 Å². The quantitative estimate of drug-likeness (QED) is 0.750. The summed E-state index contributed by atoms with van der Waals surface area (Å²) in [6.45, 7) is 0. The number of carbonyl (C=O) groups excluding carboxylic acids is 1. The predicted molar refractivity (Wildman–Crippen MR) is 70.2 cm³/mol. The van der Waals surface area contributed by atoms with Gasteiger partial charge < -0.3 is 4.90 Å². The molecule has 1 aliphatic rings. The highest BCUT2D eigenvalue weighted by molar-refractivity contribution is 6.30. The molecule has 0 heterocycles. The Morgan fingerprint density at radius 2 is 1.94 bits per heavy atom. The van der Waals surface area contributed by atoms with Crippen LogP contribution in [0.4, 0.5) is 0 Å². The minimum Gasteiger partial charge on any atom is -0.383 e. The Morgan fingerprint density at radius 1 is 1.29 bits per heavy atom. The third-order valence-electron chi connectivity index (χ3n) is 3.03. The number of rotatable bonds is 2. The van der Waals surface area contributed by atoms with Crippen molar-refractivity contribution in [3.63, 3.8) is 0 Å². The van der Waals surface area contributed by atoms with Gasteiger partial charge in [-0.05, 0) is 24.1 Å². The van der Waals surface area contributed by atoms with Crippen molar-refractivity contribution in [3.8, 4) is 0 Å². The van der Waals surface area contributed by atoms with Crippen LogP contribution >= 0.6 is 11.6 Å². The molecule has 0 N–H and O–H groups in total. The minimum atomic E-state index is 0.224. The lowest BCUT2D eigenvalue weighted by molar-refractivity contribution is -0.114. The van der Waals surface area contributed by atoms with Crippen LogP contribution in [0.5, 0.6) is 0 Å². The number of carbonyl (C=O) groups is 1. The van der Waals surface area contributed by atoms with E-state index in [1.54, 1.807) is 0 Å². The molecule has 3 heteroatoms. The molecule has 0 unspecified atom stereocenters. The number of halogens is 1. The molecule has 1 atom stereocenters. The lowest BCUT2D eigenvalue weighted by Crippen LogP contribution is -2.08. The van der Waals surface area contributed by atoms with Crippen LogP contribution in [0, 0.1) is 0 Å². The van der Waals surface area contributed by atoms with Gasteiger partial charge in [0.2, 0.25) is 0 Å². The number of Topliss-reactive ketones (excluding diaryl/α,β-unsaturated/α-hetero) is 1. The van der Waals surface area contributed by atoms with Gasteiger partial charge >= 0.3 is 0 Å². The summed E-state index contributed by atoms with van der Waals surface area (Å²) >= 11 is 5.88. The van der Waals surface area contributed by atoms with Crippen molar-refractivity contribution in [1.29, 1.82) is 0 Å². The van der Waals surface area contributed by atoms with E-state index in [-0.39, 0.29) is 11.7 Å². The summed E-state index contributed by atoms with van der Waals surface area (Å²) < 4.78 is 0. The van der Waals surface area contributed by atoms with Crippen LogP contribution in [0.1, 0.15) is 24.3 Å². The first-order valence-electron chi connectivity index (χ1n) is 5.74. The highest BCUT2D eigenvalue weighted by Crippen LogP contribution is 2.37. The molecule has 0 bridgehead atoms. The Morgan fingerprint density at radius 3 is 2.53 bits per heavy atom. The lowest BCUT2D eigenvalue weighted by Gasteiger charge is -2.14. The number of benzene rings is 1. The lowest BCUT2D eigenvalue weighted by atomic mass is 9.94. The Balaban J connectivity index is 2.32. The van der Waals surface area contributed by atoms with Gasteiger partial charge in [-0.15, -0.1) is 0 Å². The van der Waals surface area contributed by atoms with Gasteiger partial charge in [-0.3, -0.25) is 4.79 Å². The van der Waals surface area contributed by atoms with E-state index < -0.39 is 0 Å². The van der Waals surface area contributed by atoms with Gasteiger partial charge in [-0.2, -0.15) is 0 Å². The van der Waals surface area contributed by atoms with E-state index in [0.29, 0.717) is 6.42 Å². The number of nitrogens with zero attached hydrogens (tertiary/aromatic N) is 1. The van der Waals surface area contributed by atoms with E-state index in [0.717, 1.165) is 17.0 Å². The Hall–Kier alpha value is -1.28. The summed E-state index contributed by atoms with van der Waals surface area (Å²) in [7, 11) is 3.88. The largest absolute Gasteiger partial charge is 0.383 e. The zero-order chi connectivity index (χ0) is 12.4. The molecule has 0 aromatic heterocycles. The molecule has 1 aromatic rings. The summed E-state index contributed by atoms with van der Waals surface area (Å²) in [4.78, 5) is 13.8. The Kier molecular flexibility index (Phi) is 3.53. The number of hydrogen-bond donors (Lipinski definition) is 0. The van der Waals surface area contributed by atoms with Crippen LogP contribution in [-0.2, 0) is 4.79 Å². The van der Waals surface area contributed by atoms with Crippen molar-refractivity contribution in [2.45, 2.75) is 18.8 Å². The molecule has 1 saturated carbocycles. The molecule has 0 radical (unpaired) electrons. The van der Waals surface area contributed by atoms with Crippen molar-refractivity contribution in [2.75, 3.05) is 14.1 Å². The van der Waals surface area contributed by atoms with Crippen LogP contribution < -0.4 is 0 Å². The zero-order valence-corrected chi connectivity index (χ0v) is 10.9. The first-order chi connectivity index (χ1) is 8.08. The molecular formula is C14H16ClNO. The van der Waals surface area contributed by atoms with E-state index in [1.807, 2.05) is 49.5 Å². The molecule has 0 amide bonds. The first kappa shape index (κ1) is 12.2. The fourth-order valence-electron chi connectivity index (χ4n) is 2.25. The molecule has 1 fully saturated rings. The van der Waals surface area contributed by atoms with Gasteiger partial charge in [0.1, 0.15) is 0 Å². The highest BCUT2D eigenvalue weighted by Gasteiger charge is 2.29. The summed E-state index contributed by atoms with van der Waals surface area (Å²) in [6, 6.07) is 7.78. The standard InChI is InChI=1S/C14H16ClNO/c1-16(2)9-13-12(7-8-14(13)17)10-3-5-11(15)6-4-10/h3-6,9,12H,7-8H2,1-2H3/b13-9-/t12-/m0/s1. The third-order valence-corrected chi connectivity index (χ3v) is 3.28. The van der Waals surface area contributed by atoms with Crippen molar-refractivity contribution in [3.05, 3.63) is 46.6 Å². The first-order valence-corrected chi connectivity index (χ1v) is 6.12. The van der Waals surface area contributed by atoms with Crippen molar-refractivity contribution in [2.24, 2.45) is 0 Å². The molecule has 0 spiro atoms. The number of hydrogen-bond acceptors (Lipinski definition) is 2. The summed E-state index contributed by atoms with van der Waals surface area (Å²) in [5.74, 6) is 0.487. The smallest absolute Gasteiger partial charge is 0.160 e. The molecule has 2 rings (SSSR count). The monoisotopic (exact) mass is 249 g/mol. The fraction of sp³-hybridized carbons (Fsp3) is 0.357. The number of allylic oxidation sites excluding steroid dienone is 1. The SMILES string of the molecule is CN(C)/C=C1\C(=O)CC[C@H]1c1ccc(Cl)cc1. The van der Waals surface area contributed by atoms with Crippen LogP contribution in [0.3, 0.4) is 0 Å². The van der Waals surface area contributed by atoms with E-state index in [4.69, 9.17) is 11.6 Å². The zero-order valence-electron chi connectivity index (χ0n) is 10.1. The fourth-order valence-corrected chi connectivity index (χ4v) is 2.38. The normalized spacial score (nSPS) is 22.2. The molecular weight excluding hydrogens is 234 g/mol. The van der Waals surface area contributed by atoms with E-state index in [9.17, 15) is 4.79 Å². The molecule has 90 valence electrons. The molecule has 1 aliphatic carbocycles. The third kappa shape index (κ3) is 2.70. The van der Waals surface area contributed by atoms with Crippen molar-refractivity contribution < 1.29 is 4.79 Å². The molecule has 1 aromatic carbocycles. The highest BCUT2D eigenvalue weighted by atomic mass is 35.5. The van der Waals surface area contributed by atoms with Crippen LogP contribution in [-0.4, -0.2) is 24.8 Å². The maximum absolute atomic E-state index is 11.8. The summed E-state index contributed by atoms with van der Waals surface area (Å²) in [6.07, 6.45) is 3.49. The maximum Gasteiger partial charge on any atom is 0.160 e. The van der Waals surface area contributed by atoms with Crippen LogP contribution in [0.25, 0.3) is 0 Å². The second-order valence-electron chi connectivity index (χ2n) is 4.61. The van der Waals surface area contributed by atoms with Gasteiger partial charge in [0.05, 0.1) is 0 Å². The summed E-state index contributed by atoms with van der Waals surface area (Å²) in [5, 5.41) is 0.733. The second kappa shape index (κ2) is 4.92. The maximum atomic E-state index is 11.8. The van der Waals surface area contributed by atoms with Crippen molar-refractivity contribution >= 4 is 17.4 Å². The average molecular weight is 250 g/mol. The van der Waals surface area contributed by atoms with E-state index in [2.05, 4.69) is 0 Å². The minimum absolute atomic E-state index is 0.224. The van der Waals surface area contributed by atoms with E-state index >= 15 is 0 Å². The molecule has 0 saturated heterocycles. The average Bonchev–Trinajstić information content (AvgIpc) is 2.61. The molecule has 0 aliphatic heterocycles. The van der Waals surface area contributed by atoms with E-state index in [1.165, 1.54) is 5.56 Å². The molecule has 17 heavy (non-hydrogen) atoms. The number of ketones is 1. The second-order valence-corrected chi connectivity index (χ2v) is 5.05. The van der Waals surface area contributed by atoms with Crippen LogP contribution in [0.15, 0.2) is 36.0 Å². The van der Waals surface area contributed by atoms with Gasteiger partial charge in [0.25, 0.3) is 0 Å². The van der Waals surface area contributed by atoms with Gasteiger partial charge in [0, 0.05) is 43.2 Å². The van der Waals surface area contributed by atoms with Gasteiger partial charge in [-0.1, -0.05) is 23.7 Å². The summed E-state index contributed by atoms with van der Waals surface area (Å²) in [5.41, 5.74) is 2.09. The topological polar surface area (TPSA) is 20.3 Å². The predicted octanol–water partition coefficient (Wildman–Crippen LogP) is 3.23. The van der Waals surface area contributed by atoms with Gasteiger partial charge in [-0.25, -0.2) is 0 Å². The van der Waals surface area contributed by atoms with Crippen LogP contribution in [0.2, 0.25) is 5.02 Å². The Bertz CT molecular complexity index is 448. The molecule has 2 nitrogen and oxygen atoms in total.